The van der Waals surface area contributed by atoms with E-state index < -0.39 is 0 Å². The number of piperidine rings is 1. The lowest BCUT2D eigenvalue weighted by Crippen LogP contribution is -2.39. The van der Waals surface area contributed by atoms with Crippen molar-refractivity contribution in [2.24, 2.45) is 7.05 Å². The Labute approximate surface area is 165 Å². The molecule has 1 aliphatic heterocycles. The highest BCUT2D eigenvalue weighted by molar-refractivity contribution is 5.92. The average Bonchev–Trinajstić information content (AvgIpc) is 3.14. The first-order valence-corrected chi connectivity index (χ1v) is 9.71. The molecule has 3 heterocycles. The van der Waals surface area contributed by atoms with Gasteiger partial charge in [0.2, 0.25) is 0 Å². The zero-order chi connectivity index (χ0) is 19.7. The number of aromatic nitrogens is 4. The quantitative estimate of drug-likeness (QED) is 0.703. The molecule has 6 nitrogen and oxygen atoms in total. The molecule has 28 heavy (non-hydrogen) atoms. The fourth-order valence-electron chi connectivity index (χ4n) is 3.91. The lowest BCUT2D eigenvalue weighted by atomic mass is 9.89. The summed E-state index contributed by atoms with van der Waals surface area (Å²) in [7, 11) is 1.83. The Bertz CT molecular complexity index is 1010. The minimum atomic E-state index is -0.00631. The highest BCUT2D eigenvalue weighted by Crippen LogP contribution is 2.33. The molecule has 0 aliphatic carbocycles. The molecule has 1 saturated heterocycles. The first-order valence-electron chi connectivity index (χ1n) is 9.71. The zero-order valence-corrected chi connectivity index (χ0v) is 16.6. The smallest absolute Gasteiger partial charge is 0.274 e. The molecule has 1 unspecified atom stereocenters. The van der Waals surface area contributed by atoms with Gasteiger partial charge in [-0.3, -0.25) is 9.48 Å². The Kier molecular flexibility index (Phi) is 4.94. The van der Waals surface area contributed by atoms with E-state index in [1.807, 2.05) is 25.1 Å². The third-order valence-electron chi connectivity index (χ3n) is 5.30. The maximum Gasteiger partial charge on any atom is 0.274 e. The Morgan fingerprint density at radius 1 is 1.21 bits per heavy atom. The van der Waals surface area contributed by atoms with Crippen molar-refractivity contribution in [1.29, 1.82) is 0 Å². The Hall–Kier alpha value is -3.02. The van der Waals surface area contributed by atoms with Gasteiger partial charge in [-0.15, -0.1) is 0 Å². The molecule has 0 bridgehead atoms. The van der Waals surface area contributed by atoms with Crippen LogP contribution in [0, 0.1) is 13.8 Å². The third-order valence-corrected chi connectivity index (χ3v) is 5.30. The highest BCUT2D eigenvalue weighted by atomic mass is 16.2. The van der Waals surface area contributed by atoms with E-state index in [0.29, 0.717) is 12.2 Å². The molecule has 4 rings (SSSR count). The van der Waals surface area contributed by atoms with Crippen molar-refractivity contribution in [2.75, 3.05) is 13.1 Å². The summed E-state index contributed by atoms with van der Waals surface area (Å²) in [5.74, 6) is 0.950. The Morgan fingerprint density at radius 3 is 2.82 bits per heavy atom. The van der Waals surface area contributed by atoms with Gasteiger partial charge in [-0.25, -0.2) is 9.97 Å². The predicted octanol–water partition coefficient (Wildman–Crippen LogP) is 3.51. The number of carbonyl (C=O) groups is 1. The minimum Gasteiger partial charge on any atom is -0.337 e. The van der Waals surface area contributed by atoms with E-state index in [1.54, 1.807) is 16.9 Å². The molecule has 1 amide bonds. The van der Waals surface area contributed by atoms with E-state index in [0.717, 1.165) is 42.0 Å². The fourth-order valence-corrected chi connectivity index (χ4v) is 3.91. The van der Waals surface area contributed by atoms with Crippen LogP contribution in [0.3, 0.4) is 0 Å². The lowest BCUT2D eigenvalue weighted by Gasteiger charge is -2.33. The van der Waals surface area contributed by atoms with E-state index in [4.69, 9.17) is 4.98 Å². The van der Waals surface area contributed by atoms with Gasteiger partial charge in [0.15, 0.2) is 0 Å². The standard InChI is InChI=1S/C22H25N5O/c1-15-6-4-7-17(12-15)19-13-23-16(2)24-21(19)18-8-5-10-27(14-18)22(28)20-9-11-26(3)25-20/h4,6-7,9,11-13,18H,5,8,10,14H2,1-3H3. The van der Waals surface area contributed by atoms with Crippen LogP contribution in [-0.4, -0.2) is 43.6 Å². The zero-order valence-electron chi connectivity index (χ0n) is 16.6. The molecule has 1 atom stereocenters. The molecule has 0 N–H and O–H groups in total. The van der Waals surface area contributed by atoms with Gasteiger partial charge in [0.1, 0.15) is 11.5 Å². The van der Waals surface area contributed by atoms with Gasteiger partial charge in [0.25, 0.3) is 5.91 Å². The number of hydrogen-bond acceptors (Lipinski definition) is 4. The Balaban J connectivity index is 1.65. The number of nitrogens with zero attached hydrogens (tertiary/aromatic N) is 5. The summed E-state index contributed by atoms with van der Waals surface area (Å²) in [6, 6.07) is 10.2. The van der Waals surface area contributed by atoms with E-state index >= 15 is 0 Å². The van der Waals surface area contributed by atoms with E-state index in [1.165, 1.54) is 5.56 Å². The SMILES string of the molecule is Cc1cccc(-c2cnc(C)nc2C2CCCN(C(=O)c3ccn(C)n3)C2)c1. The highest BCUT2D eigenvalue weighted by Gasteiger charge is 2.29. The van der Waals surface area contributed by atoms with Crippen LogP contribution in [0.2, 0.25) is 0 Å². The normalized spacial score (nSPS) is 17.0. The first kappa shape index (κ1) is 18.3. The summed E-state index contributed by atoms with van der Waals surface area (Å²) in [6.45, 7) is 5.43. The maximum absolute atomic E-state index is 12.9. The van der Waals surface area contributed by atoms with Gasteiger partial charge < -0.3 is 4.90 Å². The molecule has 2 aromatic heterocycles. The summed E-state index contributed by atoms with van der Waals surface area (Å²) in [5, 5.41) is 4.27. The molecule has 1 aromatic carbocycles. The third kappa shape index (κ3) is 3.67. The van der Waals surface area contributed by atoms with Crippen molar-refractivity contribution in [3.63, 3.8) is 0 Å². The number of rotatable bonds is 3. The maximum atomic E-state index is 12.9. The predicted molar refractivity (Wildman–Crippen MR) is 108 cm³/mol. The fraction of sp³-hybridized carbons (Fsp3) is 0.364. The average molecular weight is 375 g/mol. The van der Waals surface area contributed by atoms with E-state index in [2.05, 4.69) is 41.3 Å². The molecular formula is C22H25N5O. The largest absolute Gasteiger partial charge is 0.337 e. The van der Waals surface area contributed by atoms with Crippen LogP contribution < -0.4 is 0 Å². The summed E-state index contributed by atoms with van der Waals surface area (Å²) in [4.78, 5) is 24.0. The van der Waals surface area contributed by atoms with Crippen molar-refractivity contribution in [1.82, 2.24) is 24.6 Å². The molecule has 6 heteroatoms. The van der Waals surface area contributed by atoms with Gasteiger partial charge in [-0.1, -0.05) is 29.8 Å². The van der Waals surface area contributed by atoms with E-state index in [-0.39, 0.29) is 11.8 Å². The molecule has 0 saturated carbocycles. The summed E-state index contributed by atoms with van der Waals surface area (Å²) >= 11 is 0. The second-order valence-corrected chi connectivity index (χ2v) is 7.55. The van der Waals surface area contributed by atoms with Crippen molar-refractivity contribution < 1.29 is 4.79 Å². The summed E-state index contributed by atoms with van der Waals surface area (Å²) in [5.41, 5.74) is 4.94. The minimum absolute atomic E-state index is 0.00631. The van der Waals surface area contributed by atoms with Crippen LogP contribution in [0.1, 0.15) is 46.3 Å². The summed E-state index contributed by atoms with van der Waals surface area (Å²) < 4.78 is 1.66. The second-order valence-electron chi connectivity index (χ2n) is 7.55. The number of amides is 1. The monoisotopic (exact) mass is 375 g/mol. The molecule has 1 aliphatic rings. The van der Waals surface area contributed by atoms with Crippen molar-refractivity contribution in [2.45, 2.75) is 32.6 Å². The van der Waals surface area contributed by atoms with Crippen LogP contribution in [0.15, 0.2) is 42.7 Å². The number of likely N-dealkylation sites (tertiary alicyclic amines) is 1. The molecule has 0 radical (unpaired) electrons. The number of aryl methyl sites for hydroxylation is 3. The number of benzene rings is 1. The molecular weight excluding hydrogens is 350 g/mol. The summed E-state index contributed by atoms with van der Waals surface area (Å²) in [6.07, 6.45) is 5.70. The molecule has 3 aromatic rings. The van der Waals surface area contributed by atoms with Crippen LogP contribution in [0.5, 0.6) is 0 Å². The van der Waals surface area contributed by atoms with Crippen molar-refractivity contribution in [3.8, 4) is 11.1 Å². The topological polar surface area (TPSA) is 63.9 Å². The molecule has 1 fully saturated rings. The number of carbonyl (C=O) groups excluding carboxylic acids is 1. The van der Waals surface area contributed by atoms with Crippen LogP contribution in [0.25, 0.3) is 11.1 Å². The number of hydrogen-bond donors (Lipinski definition) is 0. The van der Waals surface area contributed by atoms with Crippen molar-refractivity contribution in [3.05, 3.63) is 65.5 Å². The van der Waals surface area contributed by atoms with Crippen LogP contribution >= 0.6 is 0 Å². The molecule has 144 valence electrons. The molecule has 0 spiro atoms. The van der Waals surface area contributed by atoms with Gasteiger partial charge in [-0.2, -0.15) is 5.10 Å². The van der Waals surface area contributed by atoms with Gasteiger partial charge in [0.05, 0.1) is 5.69 Å². The van der Waals surface area contributed by atoms with Crippen LogP contribution in [0.4, 0.5) is 0 Å². The van der Waals surface area contributed by atoms with Gasteiger partial charge in [-0.05, 0) is 38.3 Å². The van der Waals surface area contributed by atoms with Gasteiger partial charge >= 0.3 is 0 Å². The second kappa shape index (κ2) is 7.54. The Morgan fingerprint density at radius 2 is 2.07 bits per heavy atom. The van der Waals surface area contributed by atoms with E-state index in [9.17, 15) is 4.79 Å². The van der Waals surface area contributed by atoms with Crippen LogP contribution in [-0.2, 0) is 7.05 Å². The van der Waals surface area contributed by atoms with Crippen molar-refractivity contribution >= 4 is 5.91 Å². The first-order chi connectivity index (χ1) is 13.5. The van der Waals surface area contributed by atoms with Gasteiger partial charge in [0, 0.05) is 44.0 Å². The lowest BCUT2D eigenvalue weighted by molar-refractivity contribution is 0.0699.